The van der Waals surface area contributed by atoms with E-state index in [2.05, 4.69) is 11.6 Å². The summed E-state index contributed by atoms with van der Waals surface area (Å²) in [5, 5.41) is 12.3. The monoisotopic (exact) mass is 307 g/mol. The fraction of sp³-hybridized carbons (Fsp3) is 0.588. The molecular formula is C17H25NO2S. The summed E-state index contributed by atoms with van der Waals surface area (Å²) in [5.41, 5.74) is 2.08. The predicted molar refractivity (Wildman–Crippen MR) is 88.8 cm³/mol. The number of carbonyl (C=O) groups is 1. The van der Waals surface area contributed by atoms with Crippen molar-refractivity contribution in [2.24, 2.45) is 0 Å². The molecular weight excluding hydrogens is 282 g/mol. The fourth-order valence-electron chi connectivity index (χ4n) is 3.03. The van der Waals surface area contributed by atoms with Crippen LogP contribution in [0, 0.1) is 0 Å². The molecule has 1 aliphatic rings. The van der Waals surface area contributed by atoms with E-state index < -0.39 is 5.97 Å². The molecule has 0 saturated heterocycles. The smallest absolute Gasteiger partial charge is 0.307 e. The molecule has 0 aromatic heterocycles. The lowest BCUT2D eigenvalue weighted by Gasteiger charge is -2.36. The van der Waals surface area contributed by atoms with Gasteiger partial charge in [0.2, 0.25) is 0 Å². The number of aliphatic carboxylic acids is 1. The van der Waals surface area contributed by atoms with Gasteiger partial charge in [0.15, 0.2) is 0 Å². The number of benzene rings is 1. The highest BCUT2D eigenvalue weighted by Crippen LogP contribution is 2.37. The summed E-state index contributed by atoms with van der Waals surface area (Å²) >= 11 is 2.01. The van der Waals surface area contributed by atoms with Gasteiger partial charge in [-0.3, -0.25) is 4.79 Å². The quantitative estimate of drug-likeness (QED) is 0.810. The van der Waals surface area contributed by atoms with Crippen LogP contribution in [0.4, 0.5) is 0 Å². The van der Waals surface area contributed by atoms with Gasteiger partial charge in [0.25, 0.3) is 0 Å². The number of thioether (sulfide) groups is 1. The Labute approximate surface area is 131 Å². The second kappa shape index (κ2) is 7.85. The first-order chi connectivity index (χ1) is 10.1. The van der Waals surface area contributed by atoms with Crippen molar-refractivity contribution in [3.8, 4) is 0 Å². The lowest BCUT2D eigenvalue weighted by atomic mass is 9.88. The van der Waals surface area contributed by atoms with Gasteiger partial charge in [-0.2, -0.15) is 11.8 Å². The topological polar surface area (TPSA) is 49.3 Å². The second-order valence-electron chi connectivity index (χ2n) is 5.94. The molecule has 0 unspecified atom stereocenters. The Bertz CT molecular complexity index is 452. The molecule has 0 aliphatic heterocycles. The van der Waals surface area contributed by atoms with Crippen LogP contribution in [0.15, 0.2) is 24.3 Å². The predicted octanol–water partition coefficient (Wildman–Crippen LogP) is 3.47. The highest BCUT2D eigenvalue weighted by atomic mass is 32.2. The van der Waals surface area contributed by atoms with Crippen molar-refractivity contribution in [2.45, 2.75) is 49.8 Å². The third-order valence-corrected chi connectivity index (χ3v) is 5.77. The number of rotatable bonds is 7. The van der Waals surface area contributed by atoms with Gasteiger partial charge < -0.3 is 10.4 Å². The Kier molecular flexibility index (Phi) is 6.12. The first-order valence-electron chi connectivity index (χ1n) is 7.69. The van der Waals surface area contributed by atoms with Crippen LogP contribution in [0.3, 0.4) is 0 Å². The van der Waals surface area contributed by atoms with E-state index in [0.29, 0.717) is 4.75 Å². The van der Waals surface area contributed by atoms with Gasteiger partial charge in [0.1, 0.15) is 0 Å². The molecule has 0 heterocycles. The minimum atomic E-state index is -0.778. The van der Waals surface area contributed by atoms with E-state index in [1.165, 1.54) is 37.7 Å². The number of carboxylic acids is 1. The van der Waals surface area contributed by atoms with E-state index in [4.69, 9.17) is 5.11 Å². The maximum atomic E-state index is 10.7. The SMILES string of the molecule is CSC1(CNCc2ccc(CC(=O)O)cc2)CCCCC1. The maximum Gasteiger partial charge on any atom is 0.307 e. The van der Waals surface area contributed by atoms with Crippen molar-refractivity contribution < 1.29 is 9.90 Å². The summed E-state index contributed by atoms with van der Waals surface area (Å²) in [7, 11) is 0. The van der Waals surface area contributed by atoms with Crippen LogP contribution < -0.4 is 5.32 Å². The Morgan fingerprint density at radius 2 is 1.81 bits per heavy atom. The van der Waals surface area contributed by atoms with E-state index in [-0.39, 0.29) is 6.42 Å². The minimum absolute atomic E-state index is 0.100. The zero-order valence-electron chi connectivity index (χ0n) is 12.7. The van der Waals surface area contributed by atoms with Crippen molar-refractivity contribution in [3.05, 3.63) is 35.4 Å². The average molecular weight is 307 g/mol. The van der Waals surface area contributed by atoms with Crippen LogP contribution >= 0.6 is 11.8 Å². The lowest BCUT2D eigenvalue weighted by Crippen LogP contribution is -2.39. The number of hydrogen-bond donors (Lipinski definition) is 2. The van der Waals surface area contributed by atoms with Gasteiger partial charge in [0, 0.05) is 17.8 Å². The third kappa shape index (κ3) is 5.04. The molecule has 116 valence electrons. The number of hydrogen-bond acceptors (Lipinski definition) is 3. The fourth-order valence-corrected chi connectivity index (χ4v) is 3.98. The zero-order valence-corrected chi connectivity index (χ0v) is 13.5. The average Bonchev–Trinajstić information content (AvgIpc) is 2.49. The van der Waals surface area contributed by atoms with Crippen LogP contribution in [0.2, 0.25) is 0 Å². The summed E-state index contributed by atoms with van der Waals surface area (Å²) in [6, 6.07) is 7.88. The molecule has 1 aromatic rings. The maximum absolute atomic E-state index is 10.7. The third-order valence-electron chi connectivity index (χ3n) is 4.35. The van der Waals surface area contributed by atoms with Crippen molar-refractivity contribution >= 4 is 17.7 Å². The summed E-state index contributed by atoms with van der Waals surface area (Å²) < 4.78 is 0.418. The molecule has 0 atom stereocenters. The zero-order chi connectivity index (χ0) is 15.1. The Hall–Kier alpha value is -1.00. The summed E-state index contributed by atoms with van der Waals surface area (Å²) in [6.07, 6.45) is 9.06. The lowest BCUT2D eigenvalue weighted by molar-refractivity contribution is -0.136. The van der Waals surface area contributed by atoms with E-state index in [1.54, 1.807) is 0 Å². The molecule has 0 radical (unpaired) electrons. The van der Waals surface area contributed by atoms with Crippen molar-refractivity contribution in [2.75, 3.05) is 12.8 Å². The van der Waals surface area contributed by atoms with E-state index in [0.717, 1.165) is 18.7 Å². The second-order valence-corrected chi connectivity index (χ2v) is 7.21. The summed E-state index contributed by atoms with van der Waals surface area (Å²) in [6.45, 7) is 1.92. The molecule has 1 fully saturated rings. The van der Waals surface area contributed by atoms with Gasteiger partial charge in [-0.05, 0) is 30.2 Å². The van der Waals surface area contributed by atoms with Crippen LogP contribution in [-0.4, -0.2) is 28.6 Å². The Morgan fingerprint density at radius 3 is 2.38 bits per heavy atom. The van der Waals surface area contributed by atoms with E-state index >= 15 is 0 Å². The highest BCUT2D eigenvalue weighted by molar-refractivity contribution is 8.00. The molecule has 1 aliphatic carbocycles. The highest BCUT2D eigenvalue weighted by Gasteiger charge is 2.30. The van der Waals surface area contributed by atoms with Crippen molar-refractivity contribution in [1.29, 1.82) is 0 Å². The van der Waals surface area contributed by atoms with Gasteiger partial charge in [-0.25, -0.2) is 0 Å². The van der Waals surface area contributed by atoms with Crippen molar-refractivity contribution in [3.63, 3.8) is 0 Å². The first-order valence-corrected chi connectivity index (χ1v) is 8.91. The molecule has 2 N–H and O–H groups in total. The van der Waals surface area contributed by atoms with Gasteiger partial charge in [-0.1, -0.05) is 43.5 Å². The Balaban J connectivity index is 1.81. The van der Waals surface area contributed by atoms with E-state index in [9.17, 15) is 4.79 Å². The molecule has 1 aromatic carbocycles. The molecule has 4 heteroatoms. The van der Waals surface area contributed by atoms with Crippen LogP contribution in [0.1, 0.15) is 43.2 Å². The normalized spacial score (nSPS) is 17.6. The summed E-state index contributed by atoms with van der Waals surface area (Å²) in [5.74, 6) is -0.778. The standard InChI is InChI=1S/C17H25NO2S/c1-21-17(9-3-2-4-10-17)13-18-12-15-7-5-14(6-8-15)11-16(19)20/h5-8,18H,2-4,9-13H2,1H3,(H,19,20). The van der Waals surface area contributed by atoms with Gasteiger partial charge in [-0.15, -0.1) is 0 Å². The summed E-state index contributed by atoms with van der Waals surface area (Å²) in [4.78, 5) is 10.7. The van der Waals surface area contributed by atoms with Crippen LogP contribution in [-0.2, 0) is 17.8 Å². The first kappa shape index (κ1) is 16.4. The molecule has 0 bridgehead atoms. The van der Waals surface area contributed by atoms with Crippen LogP contribution in [0.25, 0.3) is 0 Å². The Morgan fingerprint density at radius 1 is 1.19 bits per heavy atom. The molecule has 21 heavy (non-hydrogen) atoms. The minimum Gasteiger partial charge on any atom is -0.481 e. The molecule has 0 amide bonds. The molecule has 3 nitrogen and oxygen atoms in total. The van der Waals surface area contributed by atoms with E-state index in [1.807, 2.05) is 36.0 Å². The van der Waals surface area contributed by atoms with Gasteiger partial charge in [0.05, 0.1) is 6.42 Å². The van der Waals surface area contributed by atoms with Gasteiger partial charge >= 0.3 is 5.97 Å². The largest absolute Gasteiger partial charge is 0.481 e. The molecule has 1 saturated carbocycles. The molecule has 0 spiro atoms. The van der Waals surface area contributed by atoms with Crippen molar-refractivity contribution in [1.82, 2.24) is 5.32 Å². The molecule has 2 rings (SSSR count). The van der Waals surface area contributed by atoms with Crippen LogP contribution in [0.5, 0.6) is 0 Å². The number of carboxylic acid groups (broad SMARTS) is 1. The number of nitrogens with one attached hydrogen (secondary N) is 1.